The largest absolute Gasteiger partial charge is 0.343 e. The topological polar surface area (TPSA) is 124 Å². The molecule has 29 heavy (non-hydrogen) atoms. The maximum atomic E-state index is 12.4. The first kappa shape index (κ1) is 18.2. The Morgan fingerprint density at radius 3 is 2.41 bits per heavy atom. The standard InChI is InChI=1S/C21H16N4O4/c26-17(23-16-7-3-6-15-18(16)21(29)25-24-20(15)28)11-22-19(27)14-9-8-12-4-1-2-5-13(12)10-14/h1-10H,11H2,(H,22,27)(H,23,26)(H,24,28)(H,25,29). The Labute approximate surface area is 163 Å². The van der Waals surface area contributed by atoms with Gasteiger partial charge in [0.15, 0.2) is 0 Å². The Bertz CT molecular complexity index is 1370. The lowest BCUT2D eigenvalue weighted by molar-refractivity contribution is -0.115. The number of benzene rings is 3. The number of fused-ring (bicyclic) bond motifs is 2. The summed E-state index contributed by atoms with van der Waals surface area (Å²) in [6.07, 6.45) is 0. The molecule has 0 fully saturated rings. The normalized spacial score (nSPS) is 10.8. The number of H-pyrrole nitrogens is 2. The van der Waals surface area contributed by atoms with Gasteiger partial charge in [-0.3, -0.25) is 29.4 Å². The van der Waals surface area contributed by atoms with Crippen molar-refractivity contribution in [2.75, 3.05) is 11.9 Å². The molecular weight excluding hydrogens is 372 g/mol. The van der Waals surface area contributed by atoms with E-state index in [2.05, 4.69) is 20.8 Å². The molecule has 8 heteroatoms. The molecule has 0 saturated carbocycles. The van der Waals surface area contributed by atoms with E-state index in [4.69, 9.17) is 0 Å². The first-order valence-corrected chi connectivity index (χ1v) is 8.83. The molecule has 4 N–H and O–H groups in total. The zero-order valence-electron chi connectivity index (χ0n) is 15.1. The zero-order valence-corrected chi connectivity index (χ0v) is 15.1. The molecule has 0 spiro atoms. The van der Waals surface area contributed by atoms with Crippen molar-refractivity contribution < 1.29 is 9.59 Å². The van der Waals surface area contributed by atoms with Crippen LogP contribution in [0.5, 0.6) is 0 Å². The van der Waals surface area contributed by atoms with Crippen molar-refractivity contribution in [3.8, 4) is 0 Å². The van der Waals surface area contributed by atoms with Crippen LogP contribution in [-0.2, 0) is 4.79 Å². The van der Waals surface area contributed by atoms with Gasteiger partial charge in [0.1, 0.15) is 0 Å². The maximum absolute atomic E-state index is 12.4. The summed E-state index contributed by atoms with van der Waals surface area (Å²) in [5, 5.41) is 11.7. The molecule has 0 atom stereocenters. The van der Waals surface area contributed by atoms with E-state index < -0.39 is 22.9 Å². The van der Waals surface area contributed by atoms with E-state index in [1.165, 1.54) is 12.1 Å². The molecule has 144 valence electrons. The fraction of sp³-hybridized carbons (Fsp3) is 0.0476. The van der Waals surface area contributed by atoms with Crippen molar-refractivity contribution >= 4 is 39.0 Å². The van der Waals surface area contributed by atoms with Crippen LogP contribution in [0.2, 0.25) is 0 Å². The van der Waals surface area contributed by atoms with E-state index >= 15 is 0 Å². The number of hydrogen-bond acceptors (Lipinski definition) is 4. The molecule has 8 nitrogen and oxygen atoms in total. The lowest BCUT2D eigenvalue weighted by Gasteiger charge is -2.09. The molecule has 1 heterocycles. The van der Waals surface area contributed by atoms with Gasteiger partial charge in [-0.1, -0.05) is 36.4 Å². The van der Waals surface area contributed by atoms with Gasteiger partial charge in [0.2, 0.25) is 5.91 Å². The minimum absolute atomic E-state index is 0.0745. The summed E-state index contributed by atoms with van der Waals surface area (Å²) < 4.78 is 0. The van der Waals surface area contributed by atoms with E-state index in [9.17, 15) is 19.2 Å². The van der Waals surface area contributed by atoms with Crippen molar-refractivity contribution in [1.29, 1.82) is 0 Å². The third-order valence-electron chi connectivity index (χ3n) is 4.52. The third kappa shape index (κ3) is 3.63. The average molecular weight is 388 g/mol. The lowest BCUT2D eigenvalue weighted by Crippen LogP contribution is -2.33. The second-order valence-corrected chi connectivity index (χ2v) is 6.43. The fourth-order valence-corrected chi connectivity index (χ4v) is 3.12. The molecule has 4 aromatic rings. The van der Waals surface area contributed by atoms with Gasteiger partial charge in [0, 0.05) is 5.56 Å². The monoisotopic (exact) mass is 388 g/mol. The van der Waals surface area contributed by atoms with Gasteiger partial charge in [0.25, 0.3) is 17.0 Å². The predicted octanol–water partition coefficient (Wildman–Crippen LogP) is 1.74. The lowest BCUT2D eigenvalue weighted by atomic mass is 10.1. The van der Waals surface area contributed by atoms with Crippen LogP contribution in [-0.4, -0.2) is 28.6 Å². The third-order valence-corrected chi connectivity index (χ3v) is 4.52. The SMILES string of the molecule is O=C(CNC(=O)c1ccc2ccccc2c1)Nc1cccc2c(=O)[nH][nH]c(=O)c12. The number of aromatic nitrogens is 2. The Balaban J connectivity index is 1.48. The number of carbonyl (C=O) groups is 2. The number of carbonyl (C=O) groups excluding carboxylic acids is 2. The summed E-state index contributed by atoms with van der Waals surface area (Å²) in [5.41, 5.74) is -0.375. The molecule has 1 aromatic heterocycles. The number of aromatic amines is 2. The average Bonchev–Trinajstić information content (AvgIpc) is 2.74. The van der Waals surface area contributed by atoms with Crippen molar-refractivity contribution in [3.63, 3.8) is 0 Å². The van der Waals surface area contributed by atoms with Crippen molar-refractivity contribution in [2.45, 2.75) is 0 Å². The van der Waals surface area contributed by atoms with E-state index in [1.807, 2.05) is 30.3 Å². The highest BCUT2D eigenvalue weighted by Gasteiger charge is 2.12. The Morgan fingerprint density at radius 1 is 0.828 bits per heavy atom. The van der Waals surface area contributed by atoms with Gasteiger partial charge in [-0.2, -0.15) is 0 Å². The van der Waals surface area contributed by atoms with Gasteiger partial charge in [-0.15, -0.1) is 0 Å². The quantitative estimate of drug-likeness (QED) is 0.425. The van der Waals surface area contributed by atoms with Crippen LogP contribution in [0.1, 0.15) is 10.4 Å². The Morgan fingerprint density at radius 2 is 1.59 bits per heavy atom. The molecule has 0 aliphatic rings. The number of anilines is 1. The van der Waals surface area contributed by atoms with Crippen LogP contribution in [0.25, 0.3) is 21.5 Å². The minimum Gasteiger partial charge on any atom is -0.343 e. The molecule has 0 aliphatic heterocycles. The van der Waals surface area contributed by atoms with Crippen LogP contribution in [0.4, 0.5) is 5.69 Å². The second-order valence-electron chi connectivity index (χ2n) is 6.43. The highest BCUT2D eigenvalue weighted by atomic mass is 16.2. The summed E-state index contributed by atoms with van der Waals surface area (Å²) in [5.74, 6) is -0.913. The summed E-state index contributed by atoms with van der Waals surface area (Å²) in [6, 6.07) is 17.5. The number of hydrogen-bond donors (Lipinski definition) is 4. The molecule has 0 bridgehead atoms. The summed E-state index contributed by atoms with van der Waals surface area (Å²) >= 11 is 0. The van der Waals surface area contributed by atoms with Gasteiger partial charge >= 0.3 is 0 Å². The Kier molecular flexibility index (Phi) is 4.66. The van der Waals surface area contributed by atoms with E-state index in [1.54, 1.807) is 18.2 Å². The summed E-state index contributed by atoms with van der Waals surface area (Å²) in [6.45, 7) is -0.289. The van der Waals surface area contributed by atoms with Crippen molar-refractivity contribution in [2.24, 2.45) is 0 Å². The molecule has 0 radical (unpaired) electrons. The summed E-state index contributed by atoms with van der Waals surface area (Å²) in [4.78, 5) is 48.5. The Hall–Kier alpha value is -4.20. The maximum Gasteiger partial charge on any atom is 0.272 e. The highest BCUT2D eigenvalue weighted by Crippen LogP contribution is 2.17. The minimum atomic E-state index is -0.532. The smallest absolute Gasteiger partial charge is 0.272 e. The van der Waals surface area contributed by atoms with Crippen LogP contribution < -0.4 is 21.8 Å². The van der Waals surface area contributed by atoms with Crippen molar-refractivity contribution in [1.82, 2.24) is 15.5 Å². The summed E-state index contributed by atoms with van der Waals surface area (Å²) in [7, 11) is 0. The zero-order chi connectivity index (χ0) is 20.4. The number of rotatable bonds is 4. The number of nitrogens with one attached hydrogen (secondary N) is 4. The predicted molar refractivity (Wildman–Crippen MR) is 110 cm³/mol. The van der Waals surface area contributed by atoms with Gasteiger partial charge in [-0.25, -0.2) is 0 Å². The molecule has 4 rings (SSSR count). The molecule has 0 aliphatic carbocycles. The van der Waals surface area contributed by atoms with E-state index in [0.29, 0.717) is 5.56 Å². The van der Waals surface area contributed by atoms with Crippen LogP contribution >= 0.6 is 0 Å². The second kappa shape index (κ2) is 7.43. The first-order valence-electron chi connectivity index (χ1n) is 8.83. The molecule has 0 unspecified atom stereocenters. The molecule has 2 amide bonds. The molecular formula is C21H16N4O4. The first-order chi connectivity index (χ1) is 14.0. The van der Waals surface area contributed by atoms with Crippen molar-refractivity contribution in [3.05, 3.63) is 86.9 Å². The van der Waals surface area contributed by atoms with Crippen LogP contribution in [0.15, 0.2) is 70.3 Å². The van der Waals surface area contributed by atoms with E-state index in [-0.39, 0.29) is 23.0 Å². The van der Waals surface area contributed by atoms with Gasteiger partial charge < -0.3 is 10.6 Å². The van der Waals surface area contributed by atoms with Crippen LogP contribution in [0.3, 0.4) is 0 Å². The van der Waals surface area contributed by atoms with Gasteiger partial charge in [0.05, 0.1) is 23.0 Å². The highest BCUT2D eigenvalue weighted by molar-refractivity contribution is 6.04. The molecule has 0 saturated heterocycles. The van der Waals surface area contributed by atoms with Gasteiger partial charge in [-0.05, 0) is 35.0 Å². The fourth-order valence-electron chi connectivity index (χ4n) is 3.12. The van der Waals surface area contributed by atoms with E-state index in [0.717, 1.165) is 10.8 Å². The molecule has 3 aromatic carbocycles. The van der Waals surface area contributed by atoms with Crippen LogP contribution in [0, 0.1) is 0 Å². The number of amides is 2.